The Morgan fingerprint density at radius 1 is 1.06 bits per heavy atom. The van der Waals surface area contributed by atoms with Crippen molar-refractivity contribution in [2.24, 2.45) is 7.05 Å². The highest BCUT2D eigenvalue weighted by Gasteiger charge is 2.39. The fourth-order valence-electron chi connectivity index (χ4n) is 3.80. The van der Waals surface area contributed by atoms with Crippen LogP contribution < -0.4 is 4.74 Å². The van der Waals surface area contributed by atoms with Gasteiger partial charge in [-0.3, -0.25) is 9.69 Å². The minimum absolute atomic E-state index is 0.134. The van der Waals surface area contributed by atoms with Crippen molar-refractivity contribution in [1.29, 1.82) is 0 Å². The van der Waals surface area contributed by atoms with Gasteiger partial charge in [0.2, 0.25) is 0 Å². The Kier molecular flexibility index (Phi) is 6.89. The number of carbonyl (C=O) groups excluding carboxylic acids is 1. The summed E-state index contributed by atoms with van der Waals surface area (Å²) in [5.41, 5.74) is 0.763. The molecule has 2 saturated heterocycles. The Morgan fingerprint density at radius 3 is 2.32 bits per heavy atom. The van der Waals surface area contributed by atoms with E-state index in [2.05, 4.69) is 4.90 Å². The first kappa shape index (κ1) is 22.7. The number of nitrogens with zero attached hydrogens (tertiary/aromatic N) is 3. The van der Waals surface area contributed by atoms with Crippen LogP contribution >= 0.6 is 0 Å². The van der Waals surface area contributed by atoms with Gasteiger partial charge in [-0.05, 0) is 24.3 Å². The predicted octanol–water partition coefficient (Wildman–Crippen LogP) is 2.64. The van der Waals surface area contributed by atoms with Gasteiger partial charge in [-0.2, -0.15) is 13.2 Å². The molecule has 0 saturated carbocycles. The van der Waals surface area contributed by atoms with Gasteiger partial charge in [-0.1, -0.05) is 18.2 Å². The zero-order valence-electron chi connectivity index (χ0n) is 17.0. The Morgan fingerprint density at radius 2 is 1.74 bits per heavy atom. The molecular formula is C21H24F3N3O4. The summed E-state index contributed by atoms with van der Waals surface area (Å²) in [5, 5.41) is 7.12. The number of carboxylic acids is 1. The van der Waals surface area contributed by atoms with Crippen molar-refractivity contribution in [2.75, 3.05) is 26.2 Å². The van der Waals surface area contributed by atoms with Crippen LogP contribution in [0.4, 0.5) is 13.2 Å². The van der Waals surface area contributed by atoms with E-state index in [4.69, 9.17) is 14.6 Å². The quantitative estimate of drug-likeness (QED) is 0.796. The summed E-state index contributed by atoms with van der Waals surface area (Å²) in [4.78, 5) is 26.0. The summed E-state index contributed by atoms with van der Waals surface area (Å²) in [6.07, 6.45) is -1.98. The lowest BCUT2D eigenvalue weighted by atomic mass is 10.1. The number of alkyl halides is 3. The highest BCUT2D eigenvalue weighted by molar-refractivity contribution is 5.92. The molecule has 1 aromatic carbocycles. The first-order valence-electron chi connectivity index (χ1n) is 9.81. The number of hydrogen-bond donors (Lipinski definition) is 1. The third-order valence-corrected chi connectivity index (χ3v) is 5.32. The van der Waals surface area contributed by atoms with E-state index in [-0.39, 0.29) is 12.0 Å². The Hall–Kier alpha value is -3.01. The number of rotatable bonds is 3. The molecule has 2 aromatic rings. The van der Waals surface area contributed by atoms with Crippen molar-refractivity contribution >= 4 is 11.9 Å². The molecule has 31 heavy (non-hydrogen) atoms. The zero-order chi connectivity index (χ0) is 22.6. The van der Waals surface area contributed by atoms with Crippen LogP contribution in [0.15, 0.2) is 48.7 Å². The molecule has 10 heteroatoms. The van der Waals surface area contributed by atoms with Crippen LogP contribution in [0.5, 0.6) is 5.75 Å². The van der Waals surface area contributed by atoms with E-state index in [9.17, 15) is 18.0 Å². The molecular weight excluding hydrogens is 415 g/mol. The molecule has 1 amide bonds. The molecule has 168 valence electrons. The molecule has 0 radical (unpaired) electrons. The molecule has 0 unspecified atom stereocenters. The van der Waals surface area contributed by atoms with Crippen molar-refractivity contribution < 1.29 is 32.6 Å². The lowest BCUT2D eigenvalue weighted by Crippen LogP contribution is -2.52. The molecule has 2 aliphatic rings. The van der Waals surface area contributed by atoms with Gasteiger partial charge in [-0.15, -0.1) is 0 Å². The molecule has 0 bridgehead atoms. The molecule has 0 spiro atoms. The van der Waals surface area contributed by atoms with E-state index in [1.165, 1.54) is 0 Å². The predicted molar refractivity (Wildman–Crippen MR) is 106 cm³/mol. The number of piperazine rings is 1. The zero-order valence-corrected chi connectivity index (χ0v) is 17.0. The van der Waals surface area contributed by atoms with Crippen molar-refractivity contribution in [2.45, 2.75) is 24.7 Å². The van der Waals surface area contributed by atoms with Crippen molar-refractivity contribution in [3.63, 3.8) is 0 Å². The van der Waals surface area contributed by atoms with Gasteiger partial charge >= 0.3 is 12.1 Å². The van der Waals surface area contributed by atoms with E-state index >= 15 is 0 Å². The second kappa shape index (κ2) is 9.42. The van der Waals surface area contributed by atoms with Gasteiger partial charge in [0.05, 0.1) is 0 Å². The van der Waals surface area contributed by atoms with Crippen molar-refractivity contribution in [1.82, 2.24) is 14.4 Å². The molecule has 4 rings (SSSR count). The Balaban J connectivity index is 0.000000339. The number of carboxylic acid groups (broad SMARTS) is 1. The summed E-state index contributed by atoms with van der Waals surface area (Å²) in [6, 6.07) is 14.2. The van der Waals surface area contributed by atoms with Crippen LogP contribution in [0, 0.1) is 0 Å². The molecule has 1 aromatic heterocycles. The summed E-state index contributed by atoms with van der Waals surface area (Å²) < 4.78 is 39.7. The fourth-order valence-corrected chi connectivity index (χ4v) is 3.80. The third kappa shape index (κ3) is 5.78. The summed E-state index contributed by atoms with van der Waals surface area (Å²) in [7, 11) is 1.92. The van der Waals surface area contributed by atoms with Crippen LogP contribution in [0.1, 0.15) is 16.9 Å². The maximum absolute atomic E-state index is 12.7. The fraction of sp³-hybridized carbons (Fsp3) is 0.429. The summed E-state index contributed by atoms with van der Waals surface area (Å²) >= 11 is 0. The van der Waals surface area contributed by atoms with E-state index in [1.807, 2.05) is 65.2 Å². The van der Waals surface area contributed by atoms with E-state index < -0.39 is 12.1 Å². The largest absolute Gasteiger partial charge is 0.490 e. The molecule has 2 fully saturated rings. The van der Waals surface area contributed by atoms with Gasteiger partial charge in [0.15, 0.2) is 0 Å². The lowest BCUT2D eigenvalue weighted by molar-refractivity contribution is -0.192. The van der Waals surface area contributed by atoms with Gasteiger partial charge < -0.3 is 19.3 Å². The molecule has 2 aliphatic heterocycles. The molecule has 3 heterocycles. The molecule has 0 aliphatic carbocycles. The smallest absolute Gasteiger partial charge is 0.489 e. The van der Waals surface area contributed by atoms with Crippen LogP contribution in [-0.4, -0.2) is 75.9 Å². The Labute approximate surface area is 177 Å². The lowest BCUT2D eigenvalue weighted by Gasteiger charge is -2.37. The minimum atomic E-state index is -5.08. The number of hydrogen-bond acceptors (Lipinski definition) is 4. The van der Waals surface area contributed by atoms with Crippen LogP contribution in [0.2, 0.25) is 0 Å². The number of amides is 1. The van der Waals surface area contributed by atoms with Crippen molar-refractivity contribution in [3.8, 4) is 5.75 Å². The molecule has 2 atom stereocenters. The third-order valence-electron chi connectivity index (χ3n) is 5.32. The molecule has 1 N–H and O–H groups in total. The average Bonchev–Trinajstić information content (AvgIpc) is 3.32. The van der Waals surface area contributed by atoms with Gasteiger partial charge in [0.1, 0.15) is 17.5 Å². The normalized spacial score (nSPS) is 21.1. The second-order valence-corrected chi connectivity index (χ2v) is 7.50. The minimum Gasteiger partial charge on any atom is -0.489 e. The van der Waals surface area contributed by atoms with Crippen molar-refractivity contribution in [3.05, 3.63) is 54.4 Å². The number of ether oxygens (including phenoxy) is 1. The number of para-hydroxylation sites is 1. The van der Waals surface area contributed by atoms with E-state index in [0.717, 1.165) is 44.0 Å². The first-order chi connectivity index (χ1) is 14.6. The van der Waals surface area contributed by atoms with Crippen LogP contribution in [0.25, 0.3) is 0 Å². The number of halogens is 3. The van der Waals surface area contributed by atoms with E-state index in [1.54, 1.807) is 0 Å². The maximum Gasteiger partial charge on any atom is 0.490 e. The topological polar surface area (TPSA) is 75.0 Å². The highest BCUT2D eigenvalue weighted by atomic mass is 19.4. The number of benzene rings is 1. The number of aromatic nitrogens is 1. The number of fused-ring (bicyclic) bond motifs is 1. The van der Waals surface area contributed by atoms with Crippen LogP contribution in [-0.2, 0) is 11.8 Å². The highest BCUT2D eigenvalue weighted by Crippen LogP contribution is 2.26. The monoisotopic (exact) mass is 439 g/mol. The number of carbonyl (C=O) groups is 2. The SMILES string of the molecule is Cn1cccc1C(=O)N1CCN2C[C@H](Oc3ccccc3)C[C@H]2C1.O=C(O)C(F)(F)F. The standard InChI is InChI=1S/C19H23N3O2.C2HF3O2/c1-20-9-5-8-18(20)19(23)22-11-10-21-14-17(12-15(21)13-22)24-16-6-3-2-4-7-16;3-2(4,5)1(6)7/h2-9,15,17H,10-14H2,1H3;(H,6,7)/t15-,17+;/m0./s1. The average molecular weight is 439 g/mol. The molecule has 7 nitrogen and oxygen atoms in total. The second-order valence-electron chi connectivity index (χ2n) is 7.50. The van der Waals surface area contributed by atoms with Gasteiger partial charge in [0.25, 0.3) is 5.91 Å². The maximum atomic E-state index is 12.7. The Bertz CT molecular complexity index is 901. The van der Waals surface area contributed by atoms with Gasteiger partial charge in [-0.25, -0.2) is 4.79 Å². The number of aliphatic carboxylic acids is 1. The first-order valence-corrected chi connectivity index (χ1v) is 9.81. The summed E-state index contributed by atoms with van der Waals surface area (Å²) in [6.45, 7) is 3.46. The van der Waals surface area contributed by atoms with E-state index in [0.29, 0.717) is 6.04 Å². The van der Waals surface area contributed by atoms with Crippen LogP contribution in [0.3, 0.4) is 0 Å². The number of aryl methyl sites for hydroxylation is 1. The van der Waals surface area contributed by atoms with Gasteiger partial charge in [0, 0.05) is 51.9 Å². The summed E-state index contributed by atoms with van der Waals surface area (Å²) in [5.74, 6) is -1.69.